The number of hydrogen-bond donors (Lipinski definition) is 1. The number of hydrogen-bond acceptors (Lipinski definition) is 5. The summed E-state index contributed by atoms with van der Waals surface area (Å²) in [5.74, 6) is -0.412. The Morgan fingerprint density at radius 2 is 2.09 bits per heavy atom. The van der Waals surface area contributed by atoms with Gasteiger partial charge in [-0.2, -0.15) is 5.26 Å². The summed E-state index contributed by atoms with van der Waals surface area (Å²) in [5, 5.41) is 17.4. The first-order valence-corrected chi connectivity index (χ1v) is 6.64. The first-order chi connectivity index (χ1) is 10.5. The summed E-state index contributed by atoms with van der Waals surface area (Å²) in [4.78, 5) is 23.7. The second-order valence-corrected chi connectivity index (χ2v) is 4.58. The molecule has 0 heterocycles. The van der Waals surface area contributed by atoms with Crippen molar-refractivity contribution in [2.24, 2.45) is 0 Å². The average molecular weight is 306 g/mol. The van der Waals surface area contributed by atoms with Gasteiger partial charge in [0.1, 0.15) is 0 Å². The predicted molar refractivity (Wildman–Crippen MR) is 77.7 cm³/mol. The minimum Gasteiger partial charge on any atom is -0.493 e. The lowest BCUT2D eigenvalue weighted by molar-refractivity contribution is -0.138. The van der Waals surface area contributed by atoms with E-state index in [0.717, 1.165) is 0 Å². The molecule has 7 nitrogen and oxygen atoms in total. The lowest BCUT2D eigenvalue weighted by Gasteiger charge is -2.17. The van der Waals surface area contributed by atoms with E-state index in [4.69, 9.17) is 19.8 Å². The van der Waals surface area contributed by atoms with Crippen molar-refractivity contribution in [1.82, 2.24) is 4.90 Å². The number of ether oxygens (including phenoxy) is 2. The van der Waals surface area contributed by atoms with Crippen LogP contribution in [0.25, 0.3) is 0 Å². The number of likely N-dealkylation sites (N-methyl/N-ethyl adjacent to an activating group) is 1. The van der Waals surface area contributed by atoms with Gasteiger partial charge in [-0.05, 0) is 18.6 Å². The second kappa shape index (κ2) is 8.52. The number of carboxylic acid groups (broad SMARTS) is 1. The van der Waals surface area contributed by atoms with E-state index < -0.39 is 5.97 Å². The summed E-state index contributed by atoms with van der Waals surface area (Å²) in [7, 11) is 3.03. The van der Waals surface area contributed by atoms with E-state index >= 15 is 0 Å². The number of aliphatic carboxylic acids is 1. The average Bonchev–Trinajstić information content (AvgIpc) is 2.51. The molecule has 0 atom stereocenters. The van der Waals surface area contributed by atoms with Crippen LogP contribution in [0.2, 0.25) is 0 Å². The van der Waals surface area contributed by atoms with Crippen LogP contribution in [0.3, 0.4) is 0 Å². The number of carbonyl (C=O) groups is 2. The summed E-state index contributed by atoms with van der Waals surface area (Å²) in [6, 6.07) is 6.64. The molecule has 1 aromatic carbocycles. The van der Waals surface area contributed by atoms with Gasteiger partial charge in [0.25, 0.3) is 5.91 Å². The summed E-state index contributed by atoms with van der Waals surface area (Å²) < 4.78 is 10.5. The van der Waals surface area contributed by atoms with Gasteiger partial charge in [-0.25, -0.2) is 0 Å². The Hall–Kier alpha value is -2.75. The molecule has 0 aliphatic carbocycles. The van der Waals surface area contributed by atoms with Crippen LogP contribution in [0.15, 0.2) is 18.2 Å². The van der Waals surface area contributed by atoms with Gasteiger partial charge in [-0.15, -0.1) is 0 Å². The fourth-order valence-corrected chi connectivity index (χ4v) is 1.70. The number of benzene rings is 1. The molecule has 0 fully saturated rings. The Bertz CT molecular complexity index is 580. The van der Waals surface area contributed by atoms with Crippen LogP contribution in [0, 0.1) is 11.3 Å². The zero-order chi connectivity index (χ0) is 16.5. The van der Waals surface area contributed by atoms with E-state index in [1.165, 1.54) is 18.1 Å². The van der Waals surface area contributed by atoms with Crippen LogP contribution < -0.4 is 9.47 Å². The predicted octanol–water partition coefficient (Wildman–Crippen LogP) is 1.27. The van der Waals surface area contributed by atoms with Crippen molar-refractivity contribution in [3.8, 4) is 17.6 Å². The van der Waals surface area contributed by atoms with E-state index in [1.54, 1.807) is 19.2 Å². The quantitative estimate of drug-likeness (QED) is 0.776. The van der Waals surface area contributed by atoms with Gasteiger partial charge >= 0.3 is 5.97 Å². The highest BCUT2D eigenvalue weighted by atomic mass is 16.5. The third-order valence-electron chi connectivity index (χ3n) is 2.95. The van der Waals surface area contributed by atoms with Crippen LogP contribution in [0.1, 0.15) is 18.4 Å². The Morgan fingerprint density at radius 1 is 1.36 bits per heavy atom. The number of nitriles is 1. The fraction of sp³-hybridized carbons (Fsp3) is 0.400. The molecule has 0 spiro atoms. The van der Waals surface area contributed by atoms with Crippen molar-refractivity contribution in [1.29, 1.82) is 5.26 Å². The molecule has 22 heavy (non-hydrogen) atoms. The molecule has 7 heteroatoms. The van der Waals surface area contributed by atoms with Crippen molar-refractivity contribution in [3.63, 3.8) is 0 Å². The van der Waals surface area contributed by atoms with Crippen molar-refractivity contribution in [3.05, 3.63) is 23.8 Å². The smallest absolute Gasteiger partial charge is 0.303 e. The number of nitrogens with zero attached hydrogens (tertiary/aromatic N) is 2. The number of carboxylic acids is 1. The minimum atomic E-state index is -0.889. The molecule has 1 rings (SSSR count). The van der Waals surface area contributed by atoms with E-state index in [1.807, 2.05) is 6.07 Å². The van der Waals surface area contributed by atoms with Gasteiger partial charge in [0.05, 0.1) is 18.7 Å². The second-order valence-electron chi connectivity index (χ2n) is 4.58. The zero-order valence-electron chi connectivity index (χ0n) is 12.5. The maximum atomic E-state index is 11.9. The largest absolute Gasteiger partial charge is 0.493 e. The Kier molecular flexibility index (Phi) is 6.70. The van der Waals surface area contributed by atoms with E-state index in [9.17, 15) is 9.59 Å². The third-order valence-corrected chi connectivity index (χ3v) is 2.95. The van der Waals surface area contributed by atoms with Gasteiger partial charge in [-0.3, -0.25) is 9.59 Å². The van der Waals surface area contributed by atoms with E-state index in [2.05, 4.69) is 0 Å². The van der Waals surface area contributed by atoms with E-state index in [0.29, 0.717) is 30.0 Å². The van der Waals surface area contributed by atoms with Crippen LogP contribution in [-0.2, 0) is 9.59 Å². The van der Waals surface area contributed by atoms with Crippen LogP contribution in [0.5, 0.6) is 11.5 Å². The number of amides is 1. The highest BCUT2D eigenvalue weighted by Gasteiger charge is 2.12. The molecule has 0 aliphatic heterocycles. The molecule has 0 saturated carbocycles. The molecular weight excluding hydrogens is 288 g/mol. The zero-order valence-corrected chi connectivity index (χ0v) is 12.5. The molecule has 118 valence electrons. The van der Waals surface area contributed by atoms with Crippen LogP contribution in [-0.4, -0.2) is 49.2 Å². The molecule has 0 radical (unpaired) electrons. The first-order valence-electron chi connectivity index (χ1n) is 6.64. The first kappa shape index (κ1) is 17.3. The number of rotatable bonds is 8. The van der Waals surface area contributed by atoms with Gasteiger partial charge in [0.15, 0.2) is 18.1 Å². The van der Waals surface area contributed by atoms with Crippen LogP contribution in [0.4, 0.5) is 0 Å². The SMILES string of the molecule is COc1cc(C#N)ccc1OCC(=O)N(C)CCCC(=O)O. The highest BCUT2D eigenvalue weighted by molar-refractivity contribution is 5.77. The lowest BCUT2D eigenvalue weighted by Crippen LogP contribution is -2.32. The Labute approximate surface area is 128 Å². The number of carbonyl (C=O) groups excluding carboxylic acids is 1. The summed E-state index contributed by atoms with van der Waals surface area (Å²) >= 11 is 0. The summed E-state index contributed by atoms with van der Waals surface area (Å²) in [5.41, 5.74) is 0.432. The monoisotopic (exact) mass is 306 g/mol. The topological polar surface area (TPSA) is 99.9 Å². The van der Waals surface area contributed by atoms with Crippen LogP contribution >= 0.6 is 0 Å². The lowest BCUT2D eigenvalue weighted by atomic mass is 10.2. The minimum absolute atomic E-state index is 0.0158. The summed E-state index contributed by atoms with van der Waals surface area (Å²) in [6.45, 7) is 0.158. The Balaban J connectivity index is 2.53. The fourth-order valence-electron chi connectivity index (χ4n) is 1.70. The van der Waals surface area contributed by atoms with Gasteiger partial charge in [-0.1, -0.05) is 0 Å². The summed E-state index contributed by atoms with van der Waals surface area (Å²) in [6.07, 6.45) is 0.402. The maximum Gasteiger partial charge on any atom is 0.303 e. The van der Waals surface area contributed by atoms with Gasteiger partial charge in [0, 0.05) is 26.1 Å². The normalized spacial score (nSPS) is 9.68. The van der Waals surface area contributed by atoms with Crippen molar-refractivity contribution in [2.75, 3.05) is 27.3 Å². The van der Waals surface area contributed by atoms with E-state index in [-0.39, 0.29) is 18.9 Å². The standard InChI is InChI=1S/C15H18N2O5/c1-17(7-3-4-15(19)20)14(18)10-22-12-6-5-11(9-16)8-13(12)21-2/h5-6,8H,3-4,7,10H2,1-2H3,(H,19,20). The molecule has 0 saturated heterocycles. The molecular formula is C15H18N2O5. The highest BCUT2D eigenvalue weighted by Crippen LogP contribution is 2.27. The molecule has 0 aromatic heterocycles. The molecule has 0 bridgehead atoms. The van der Waals surface area contributed by atoms with Crippen molar-refractivity contribution in [2.45, 2.75) is 12.8 Å². The van der Waals surface area contributed by atoms with Gasteiger partial charge in [0.2, 0.25) is 0 Å². The third kappa shape index (κ3) is 5.32. The molecule has 1 amide bonds. The van der Waals surface area contributed by atoms with Crippen molar-refractivity contribution >= 4 is 11.9 Å². The molecule has 0 unspecified atom stereocenters. The Morgan fingerprint density at radius 3 is 2.68 bits per heavy atom. The maximum absolute atomic E-state index is 11.9. The number of methoxy groups -OCH3 is 1. The molecule has 0 aliphatic rings. The van der Waals surface area contributed by atoms with Gasteiger partial charge < -0.3 is 19.5 Å². The van der Waals surface area contributed by atoms with Crippen molar-refractivity contribution < 1.29 is 24.2 Å². The molecule has 1 aromatic rings. The molecule has 1 N–H and O–H groups in total.